The molecule has 0 aromatic heterocycles. The molecule has 7 heteroatoms. The van der Waals surface area contributed by atoms with Gasteiger partial charge in [0.05, 0.1) is 12.6 Å². The molecule has 1 saturated heterocycles. The van der Waals surface area contributed by atoms with Crippen LogP contribution in [0.5, 0.6) is 0 Å². The molecule has 1 amide bonds. The molecule has 1 fully saturated rings. The number of nitrogens with zero attached hydrogens (tertiary/aromatic N) is 2. The molecule has 1 aliphatic rings. The fraction of sp³-hybridized carbons (Fsp3) is 0.462. The van der Waals surface area contributed by atoms with Gasteiger partial charge in [0, 0.05) is 37.4 Å². The first-order valence-corrected chi connectivity index (χ1v) is 11.9. The van der Waals surface area contributed by atoms with E-state index in [2.05, 4.69) is 59.0 Å². The average molecular weight is 564 g/mol. The van der Waals surface area contributed by atoms with Crippen LogP contribution in [0.2, 0.25) is 0 Å². The molecule has 2 aromatic rings. The lowest BCUT2D eigenvalue weighted by molar-refractivity contribution is 0.0953. The molecular formula is C26H38IN5O. The molecule has 180 valence electrons. The number of aliphatic imine (C=N–C) groups is 1. The molecule has 0 bridgehead atoms. The van der Waals surface area contributed by atoms with Gasteiger partial charge in [-0.2, -0.15) is 0 Å². The Bertz CT molecular complexity index is 911. The molecule has 0 saturated carbocycles. The minimum atomic E-state index is -0.0331. The van der Waals surface area contributed by atoms with E-state index in [1.165, 1.54) is 24.1 Å². The smallest absolute Gasteiger partial charge is 0.251 e. The van der Waals surface area contributed by atoms with Crippen molar-refractivity contribution in [1.82, 2.24) is 16.0 Å². The van der Waals surface area contributed by atoms with Crippen molar-refractivity contribution in [2.75, 3.05) is 31.1 Å². The van der Waals surface area contributed by atoms with Crippen LogP contribution in [0.4, 0.5) is 5.69 Å². The molecule has 1 aliphatic heterocycles. The Balaban J connectivity index is 0.00000385. The standard InChI is InChI=1S/C26H37N5O.HI/c1-4-14-28-25(32)23-12-8-10-21(17-23)19-29-26(27-5-2)30-20(3)22-11-9-13-24(18-22)31-15-6-7-16-31;/h8-13,17-18,20H,4-7,14-16,19H2,1-3H3,(H,28,32)(H2,27,29,30);1H. The monoisotopic (exact) mass is 563 g/mol. The van der Waals surface area contributed by atoms with Gasteiger partial charge in [-0.3, -0.25) is 4.79 Å². The first kappa shape index (κ1) is 27.0. The Morgan fingerprint density at radius 3 is 2.55 bits per heavy atom. The molecule has 6 nitrogen and oxygen atoms in total. The van der Waals surface area contributed by atoms with Crippen molar-refractivity contribution >= 4 is 41.5 Å². The van der Waals surface area contributed by atoms with Crippen molar-refractivity contribution in [3.63, 3.8) is 0 Å². The minimum absolute atomic E-state index is 0. The van der Waals surface area contributed by atoms with Crippen molar-refractivity contribution in [2.45, 2.75) is 52.6 Å². The number of rotatable bonds is 9. The number of hydrogen-bond acceptors (Lipinski definition) is 3. The molecule has 3 rings (SSSR count). The molecule has 0 spiro atoms. The molecule has 1 heterocycles. The van der Waals surface area contributed by atoms with Crippen LogP contribution in [0.25, 0.3) is 0 Å². The number of hydrogen-bond donors (Lipinski definition) is 3. The van der Waals surface area contributed by atoms with Crippen molar-refractivity contribution in [1.29, 1.82) is 0 Å². The summed E-state index contributed by atoms with van der Waals surface area (Å²) in [7, 11) is 0. The van der Waals surface area contributed by atoms with Crippen LogP contribution in [-0.4, -0.2) is 38.0 Å². The minimum Gasteiger partial charge on any atom is -0.372 e. The van der Waals surface area contributed by atoms with E-state index in [1.54, 1.807) is 0 Å². The van der Waals surface area contributed by atoms with E-state index in [9.17, 15) is 4.79 Å². The van der Waals surface area contributed by atoms with Gasteiger partial charge in [-0.1, -0.05) is 31.2 Å². The number of carbonyl (C=O) groups excluding carboxylic acids is 1. The van der Waals surface area contributed by atoms with E-state index in [0.29, 0.717) is 18.7 Å². The summed E-state index contributed by atoms with van der Waals surface area (Å²) >= 11 is 0. The lowest BCUT2D eigenvalue weighted by atomic mass is 10.1. The molecule has 0 radical (unpaired) electrons. The van der Waals surface area contributed by atoms with Gasteiger partial charge in [-0.05, 0) is 68.5 Å². The highest BCUT2D eigenvalue weighted by Gasteiger charge is 2.14. The maximum absolute atomic E-state index is 12.2. The second kappa shape index (κ2) is 14.1. The van der Waals surface area contributed by atoms with E-state index in [4.69, 9.17) is 4.99 Å². The fourth-order valence-corrected chi connectivity index (χ4v) is 3.90. The zero-order chi connectivity index (χ0) is 22.8. The van der Waals surface area contributed by atoms with Crippen LogP contribution in [-0.2, 0) is 6.54 Å². The highest BCUT2D eigenvalue weighted by molar-refractivity contribution is 14.0. The summed E-state index contributed by atoms with van der Waals surface area (Å²) in [4.78, 5) is 19.5. The largest absolute Gasteiger partial charge is 0.372 e. The summed E-state index contributed by atoms with van der Waals surface area (Å²) in [6.45, 7) is 10.5. The summed E-state index contributed by atoms with van der Waals surface area (Å²) in [5.74, 6) is 0.738. The van der Waals surface area contributed by atoms with Crippen LogP contribution in [0.3, 0.4) is 0 Å². The van der Waals surface area contributed by atoms with Crippen LogP contribution in [0, 0.1) is 0 Å². The van der Waals surface area contributed by atoms with Crippen molar-refractivity contribution < 1.29 is 4.79 Å². The average Bonchev–Trinajstić information content (AvgIpc) is 3.36. The van der Waals surface area contributed by atoms with Gasteiger partial charge in [-0.15, -0.1) is 24.0 Å². The Hall–Kier alpha value is -2.29. The van der Waals surface area contributed by atoms with Crippen LogP contribution in [0.15, 0.2) is 53.5 Å². The summed E-state index contributed by atoms with van der Waals surface area (Å²) in [6, 6.07) is 16.6. The van der Waals surface area contributed by atoms with E-state index in [-0.39, 0.29) is 35.9 Å². The third kappa shape index (κ3) is 8.21. The molecule has 3 N–H and O–H groups in total. The molecule has 33 heavy (non-hydrogen) atoms. The normalized spacial score (nSPS) is 14.4. The predicted octanol–water partition coefficient (Wildman–Crippen LogP) is 4.86. The number of guanidine groups is 1. The second-order valence-electron chi connectivity index (χ2n) is 8.31. The van der Waals surface area contributed by atoms with Crippen LogP contribution in [0.1, 0.15) is 67.6 Å². The maximum atomic E-state index is 12.2. The SMILES string of the molecule is CCCNC(=O)c1cccc(CN=C(NCC)NC(C)c2cccc(N3CCCC3)c2)c1.I. The van der Waals surface area contributed by atoms with Gasteiger partial charge < -0.3 is 20.9 Å². The number of carbonyl (C=O) groups is 1. The topological polar surface area (TPSA) is 68.8 Å². The highest BCUT2D eigenvalue weighted by atomic mass is 127. The van der Waals surface area contributed by atoms with Gasteiger partial charge in [0.1, 0.15) is 0 Å². The lowest BCUT2D eigenvalue weighted by Gasteiger charge is -2.22. The van der Waals surface area contributed by atoms with Gasteiger partial charge >= 0.3 is 0 Å². The number of anilines is 1. The molecule has 2 aromatic carbocycles. The summed E-state index contributed by atoms with van der Waals surface area (Å²) in [5, 5.41) is 9.79. The Kier molecular flexibility index (Phi) is 11.5. The predicted molar refractivity (Wildman–Crippen MR) is 149 cm³/mol. The van der Waals surface area contributed by atoms with Crippen LogP contribution < -0.4 is 20.9 Å². The Morgan fingerprint density at radius 2 is 1.82 bits per heavy atom. The quantitative estimate of drug-likeness (QED) is 0.232. The number of amides is 1. The molecule has 1 unspecified atom stereocenters. The Morgan fingerprint density at radius 1 is 1.06 bits per heavy atom. The summed E-state index contributed by atoms with van der Waals surface area (Å²) in [6.07, 6.45) is 3.47. The van der Waals surface area contributed by atoms with Gasteiger partial charge in [-0.25, -0.2) is 4.99 Å². The second-order valence-corrected chi connectivity index (χ2v) is 8.31. The third-order valence-electron chi connectivity index (χ3n) is 5.68. The summed E-state index contributed by atoms with van der Waals surface area (Å²) < 4.78 is 0. The zero-order valence-electron chi connectivity index (χ0n) is 20.1. The molecule has 1 atom stereocenters. The van der Waals surface area contributed by atoms with E-state index < -0.39 is 0 Å². The zero-order valence-corrected chi connectivity index (χ0v) is 22.4. The third-order valence-corrected chi connectivity index (χ3v) is 5.68. The fourth-order valence-electron chi connectivity index (χ4n) is 3.90. The number of nitrogens with one attached hydrogen (secondary N) is 3. The number of halogens is 1. The summed E-state index contributed by atoms with van der Waals surface area (Å²) in [5.41, 5.74) is 4.23. The highest BCUT2D eigenvalue weighted by Crippen LogP contribution is 2.24. The number of benzene rings is 2. The lowest BCUT2D eigenvalue weighted by Crippen LogP contribution is -2.38. The van der Waals surface area contributed by atoms with Crippen molar-refractivity contribution in [2.24, 2.45) is 4.99 Å². The van der Waals surface area contributed by atoms with Gasteiger partial charge in [0.15, 0.2) is 5.96 Å². The van der Waals surface area contributed by atoms with E-state index >= 15 is 0 Å². The van der Waals surface area contributed by atoms with Crippen molar-refractivity contribution in [3.8, 4) is 0 Å². The Labute approximate surface area is 215 Å². The van der Waals surface area contributed by atoms with Crippen LogP contribution >= 0.6 is 24.0 Å². The van der Waals surface area contributed by atoms with Crippen molar-refractivity contribution in [3.05, 3.63) is 65.2 Å². The maximum Gasteiger partial charge on any atom is 0.251 e. The van der Waals surface area contributed by atoms with Gasteiger partial charge in [0.2, 0.25) is 0 Å². The van der Waals surface area contributed by atoms with E-state index in [0.717, 1.165) is 37.6 Å². The first-order chi connectivity index (χ1) is 15.6. The first-order valence-electron chi connectivity index (χ1n) is 11.9. The molecule has 0 aliphatic carbocycles. The van der Waals surface area contributed by atoms with E-state index in [1.807, 2.05) is 31.2 Å². The van der Waals surface area contributed by atoms with Gasteiger partial charge in [0.25, 0.3) is 5.91 Å². The molecular weight excluding hydrogens is 525 g/mol.